The third-order valence-electron chi connectivity index (χ3n) is 5.46. The number of nitrogens with zero attached hydrogens (tertiary/aromatic N) is 2. The highest BCUT2D eigenvalue weighted by Crippen LogP contribution is 2.28. The summed E-state index contributed by atoms with van der Waals surface area (Å²) in [6, 6.07) is 16.7. The largest absolute Gasteiger partial charge is 0.460 e. The number of piperazine rings is 1. The van der Waals surface area contributed by atoms with Crippen molar-refractivity contribution in [2.24, 2.45) is 0 Å². The van der Waals surface area contributed by atoms with Gasteiger partial charge in [-0.2, -0.15) is 4.31 Å². The molecular weight excluding hydrogens is 416 g/mol. The third-order valence-corrected chi connectivity index (χ3v) is 7.31. The predicted octanol–water partition coefficient (Wildman–Crippen LogP) is 3.26. The summed E-state index contributed by atoms with van der Waals surface area (Å²) in [7, 11) is -3.37. The van der Waals surface area contributed by atoms with Gasteiger partial charge >= 0.3 is 5.97 Å². The van der Waals surface area contributed by atoms with Gasteiger partial charge in [0.2, 0.25) is 15.8 Å². The first-order valence-corrected chi connectivity index (χ1v) is 12.0. The van der Waals surface area contributed by atoms with Gasteiger partial charge in [-0.05, 0) is 18.6 Å². The topological polar surface area (TPSA) is 80.1 Å². The Balaban J connectivity index is 1.46. The van der Waals surface area contributed by atoms with Gasteiger partial charge in [-0.1, -0.05) is 48.5 Å². The summed E-state index contributed by atoms with van der Waals surface area (Å²) in [4.78, 5) is 14.6. The average Bonchev–Trinajstić information content (AvgIpc) is 3.13. The van der Waals surface area contributed by atoms with Gasteiger partial charge in [-0.15, -0.1) is 0 Å². The van der Waals surface area contributed by atoms with Crippen LogP contribution in [0.5, 0.6) is 0 Å². The van der Waals surface area contributed by atoms with Gasteiger partial charge in [0.1, 0.15) is 5.58 Å². The molecule has 164 valence electrons. The normalized spacial score (nSPS) is 15.9. The molecule has 1 saturated heterocycles. The van der Waals surface area contributed by atoms with E-state index in [-0.39, 0.29) is 18.1 Å². The molecule has 0 bridgehead atoms. The average molecular weight is 443 g/mol. The maximum absolute atomic E-state index is 12.8. The minimum Gasteiger partial charge on any atom is -0.460 e. The van der Waals surface area contributed by atoms with Crippen molar-refractivity contribution in [2.75, 3.05) is 32.8 Å². The summed E-state index contributed by atoms with van der Waals surface area (Å²) >= 11 is 0. The van der Waals surface area contributed by atoms with Crippen molar-refractivity contribution >= 4 is 27.0 Å². The summed E-state index contributed by atoms with van der Waals surface area (Å²) < 4.78 is 38.1. The lowest BCUT2D eigenvalue weighted by atomic mass is 10.1. The van der Waals surface area contributed by atoms with Gasteiger partial charge < -0.3 is 9.15 Å². The zero-order valence-electron chi connectivity index (χ0n) is 17.5. The second-order valence-electron chi connectivity index (χ2n) is 7.54. The van der Waals surface area contributed by atoms with Crippen LogP contribution in [0.3, 0.4) is 0 Å². The van der Waals surface area contributed by atoms with Crippen LogP contribution in [0.4, 0.5) is 0 Å². The quantitative estimate of drug-likeness (QED) is 0.523. The molecule has 1 fully saturated rings. The lowest BCUT2D eigenvalue weighted by Crippen LogP contribution is -2.48. The molecule has 1 aromatic heterocycles. The lowest BCUT2D eigenvalue weighted by Gasteiger charge is -2.34. The monoisotopic (exact) mass is 442 g/mol. The molecule has 31 heavy (non-hydrogen) atoms. The number of hydrogen-bond donors (Lipinski definition) is 0. The maximum atomic E-state index is 12.8. The number of furan rings is 1. The Morgan fingerprint density at radius 3 is 2.39 bits per heavy atom. The standard InChI is InChI=1S/C23H26N2O5S/c1-2-29-23(26)22-20(19-10-6-7-11-21(19)30-22)16-24-12-14-25(15-13-24)31(27,28)17-18-8-4-3-5-9-18/h3-11H,2,12-17H2,1H3. The number of esters is 1. The van der Waals surface area contributed by atoms with Crippen LogP contribution in [-0.4, -0.2) is 56.4 Å². The van der Waals surface area contributed by atoms with Crippen molar-refractivity contribution in [3.8, 4) is 0 Å². The molecule has 0 amide bonds. The number of hydrogen-bond acceptors (Lipinski definition) is 6. The molecule has 0 spiro atoms. The molecule has 0 aliphatic carbocycles. The summed E-state index contributed by atoms with van der Waals surface area (Å²) in [5.74, 6) is -0.243. The Bertz CT molecular complexity index is 1150. The molecule has 2 aromatic carbocycles. The summed E-state index contributed by atoms with van der Waals surface area (Å²) in [5.41, 5.74) is 2.22. The summed E-state index contributed by atoms with van der Waals surface area (Å²) in [5, 5.41) is 0.879. The Labute approximate surface area is 182 Å². The van der Waals surface area contributed by atoms with E-state index in [1.807, 2.05) is 54.6 Å². The number of carbonyl (C=O) groups excluding carboxylic acids is 1. The van der Waals surface area contributed by atoms with Gasteiger partial charge in [-0.3, -0.25) is 4.90 Å². The van der Waals surface area contributed by atoms with Crippen molar-refractivity contribution in [3.63, 3.8) is 0 Å². The van der Waals surface area contributed by atoms with Gasteiger partial charge in [-0.25, -0.2) is 13.2 Å². The molecule has 0 N–H and O–H groups in total. The van der Waals surface area contributed by atoms with Crippen LogP contribution in [0, 0.1) is 0 Å². The Hall–Kier alpha value is -2.68. The van der Waals surface area contributed by atoms with Crippen molar-refractivity contribution in [3.05, 3.63) is 71.5 Å². The fraction of sp³-hybridized carbons (Fsp3) is 0.348. The van der Waals surface area contributed by atoms with Crippen LogP contribution in [-0.2, 0) is 27.1 Å². The molecule has 0 radical (unpaired) electrons. The molecule has 0 atom stereocenters. The van der Waals surface area contributed by atoms with Crippen molar-refractivity contribution < 1.29 is 22.4 Å². The van der Waals surface area contributed by atoms with Crippen LogP contribution in [0.1, 0.15) is 28.6 Å². The molecule has 3 aromatic rings. The lowest BCUT2D eigenvalue weighted by molar-refractivity contribution is 0.0488. The molecule has 1 aliphatic heterocycles. The number of ether oxygens (including phenoxy) is 1. The van der Waals surface area contributed by atoms with Crippen LogP contribution < -0.4 is 0 Å². The number of rotatable bonds is 7. The smallest absolute Gasteiger partial charge is 0.374 e. The fourth-order valence-electron chi connectivity index (χ4n) is 3.88. The number of para-hydroxylation sites is 1. The molecule has 0 saturated carbocycles. The zero-order chi connectivity index (χ0) is 21.8. The van der Waals surface area contributed by atoms with E-state index in [9.17, 15) is 13.2 Å². The van der Waals surface area contributed by atoms with E-state index >= 15 is 0 Å². The highest BCUT2D eigenvalue weighted by Gasteiger charge is 2.29. The maximum Gasteiger partial charge on any atom is 0.374 e. The molecule has 8 heteroatoms. The Morgan fingerprint density at radius 2 is 1.68 bits per heavy atom. The fourth-order valence-corrected chi connectivity index (χ4v) is 5.40. The molecule has 4 rings (SSSR count). The predicted molar refractivity (Wildman–Crippen MR) is 118 cm³/mol. The van der Waals surface area contributed by atoms with Crippen LogP contribution >= 0.6 is 0 Å². The number of sulfonamides is 1. The summed E-state index contributed by atoms with van der Waals surface area (Å²) in [6.07, 6.45) is 0. The number of fused-ring (bicyclic) bond motifs is 1. The Morgan fingerprint density at radius 1 is 1.00 bits per heavy atom. The number of carbonyl (C=O) groups is 1. The highest BCUT2D eigenvalue weighted by atomic mass is 32.2. The van der Waals surface area contributed by atoms with Crippen molar-refractivity contribution in [1.82, 2.24) is 9.21 Å². The van der Waals surface area contributed by atoms with E-state index in [2.05, 4.69) is 4.90 Å². The van der Waals surface area contributed by atoms with Crippen molar-refractivity contribution in [1.29, 1.82) is 0 Å². The van der Waals surface area contributed by atoms with Crippen LogP contribution in [0.2, 0.25) is 0 Å². The zero-order valence-corrected chi connectivity index (χ0v) is 18.3. The van der Waals surface area contributed by atoms with Gasteiger partial charge in [0.25, 0.3) is 0 Å². The second kappa shape index (κ2) is 9.21. The minimum atomic E-state index is -3.37. The Kier molecular flexibility index (Phi) is 6.41. The number of benzene rings is 2. The van der Waals surface area contributed by atoms with E-state index in [0.29, 0.717) is 38.3 Å². The van der Waals surface area contributed by atoms with E-state index in [0.717, 1.165) is 16.5 Å². The molecule has 7 nitrogen and oxygen atoms in total. The first kappa shape index (κ1) is 21.5. The molecule has 2 heterocycles. The van der Waals surface area contributed by atoms with E-state index < -0.39 is 16.0 Å². The van der Waals surface area contributed by atoms with Gasteiger partial charge in [0, 0.05) is 43.7 Å². The minimum absolute atomic E-state index is 0.00716. The first-order chi connectivity index (χ1) is 15.0. The van der Waals surface area contributed by atoms with Crippen molar-refractivity contribution in [2.45, 2.75) is 19.2 Å². The van der Waals surface area contributed by atoms with Gasteiger partial charge in [0.05, 0.1) is 12.4 Å². The molecule has 1 aliphatic rings. The first-order valence-electron chi connectivity index (χ1n) is 10.4. The van der Waals surface area contributed by atoms with E-state index in [1.54, 1.807) is 11.2 Å². The highest BCUT2D eigenvalue weighted by molar-refractivity contribution is 7.88. The molecular formula is C23H26N2O5S. The van der Waals surface area contributed by atoms with Crippen LogP contribution in [0.15, 0.2) is 59.0 Å². The van der Waals surface area contributed by atoms with E-state index in [1.165, 1.54) is 0 Å². The molecule has 0 unspecified atom stereocenters. The second-order valence-corrected chi connectivity index (χ2v) is 9.51. The van der Waals surface area contributed by atoms with Crippen LogP contribution in [0.25, 0.3) is 11.0 Å². The SMILES string of the molecule is CCOC(=O)c1oc2ccccc2c1CN1CCN(S(=O)(=O)Cc2ccccc2)CC1. The van der Waals surface area contributed by atoms with Gasteiger partial charge in [0.15, 0.2) is 0 Å². The summed E-state index contributed by atoms with van der Waals surface area (Å²) in [6.45, 7) is 4.52. The van der Waals surface area contributed by atoms with E-state index in [4.69, 9.17) is 9.15 Å². The third kappa shape index (κ3) is 4.81.